The molecule has 22 heavy (non-hydrogen) atoms. The third-order valence-electron chi connectivity index (χ3n) is 3.11. The van der Waals surface area contributed by atoms with Gasteiger partial charge in [-0.15, -0.1) is 11.3 Å². The van der Waals surface area contributed by atoms with E-state index in [0.717, 1.165) is 5.69 Å². The maximum Gasteiger partial charge on any atom is 0.263 e. The van der Waals surface area contributed by atoms with E-state index in [-0.39, 0.29) is 11.5 Å². The highest BCUT2D eigenvalue weighted by Gasteiger charge is 2.16. The second kappa shape index (κ2) is 8.70. The lowest BCUT2D eigenvalue weighted by molar-refractivity contribution is 0.0268. The molecular formula is C14H25N5O2S. The predicted octanol–water partition coefficient (Wildman–Crippen LogP) is 0.771. The number of guanidine groups is 1. The van der Waals surface area contributed by atoms with Crippen LogP contribution in [0.2, 0.25) is 0 Å². The lowest BCUT2D eigenvalue weighted by Crippen LogP contribution is -2.46. The lowest BCUT2D eigenvalue weighted by atomic mass is 10.1. The molecule has 0 radical (unpaired) electrons. The molecule has 1 amide bonds. The number of methoxy groups -OCH3 is 1. The Kier molecular flexibility index (Phi) is 7.26. The van der Waals surface area contributed by atoms with Crippen molar-refractivity contribution in [3.63, 3.8) is 0 Å². The quantitative estimate of drug-likeness (QED) is 0.391. The number of amides is 1. The first kappa shape index (κ1) is 18.4. The smallest absolute Gasteiger partial charge is 0.263 e. The van der Waals surface area contributed by atoms with E-state index in [1.54, 1.807) is 19.7 Å². The highest BCUT2D eigenvalue weighted by Crippen LogP contribution is 2.11. The summed E-state index contributed by atoms with van der Waals surface area (Å²) < 4.78 is 5.34. The van der Waals surface area contributed by atoms with Crippen LogP contribution in [-0.4, -0.2) is 56.2 Å². The van der Waals surface area contributed by atoms with Gasteiger partial charge in [-0.2, -0.15) is 0 Å². The van der Waals surface area contributed by atoms with Crippen LogP contribution in [0, 0.1) is 6.92 Å². The standard InChI is InChI=1S/C14H25N5O2S/c1-10-11(22-9-19-10)12(20)16-6-7-17-13(15-4)18-8-14(2,3)21-5/h9H,6-8H2,1-5H3,(H,16,20)(H2,15,17,18). The fraction of sp³-hybridized carbons (Fsp3) is 0.643. The molecule has 0 aromatic carbocycles. The summed E-state index contributed by atoms with van der Waals surface area (Å²) in [4.78, 5) is 20.8. The minimum atomic E-state index is -0.268. The summed E-state index contributed by atoms with van der Waals surface area (Å²) in [5.74, 6) is 0.582. The molecule has 0 aliphatic heterocycles. The van der Waals surface area contributed by atoms with E-state index in [4.69, 9.17) is 4.74 Å². The van der Waals surface area contributed by atoms with Gasteiger partial charge in [-0.1, -0.05) is 0 Å². The van der Waals surface area contributed by atoms with E-state index in [2.05, 4.69) is 25.9 Å². The normalized spacial score (nSPS) is 12.1. The van der Waals surface area contributed by atoms with E-state index >= 15 is 0 Å². The summed E-state index contributed by atoms with van der Waals surface area (Å²) in [5.41, 5.74) is 2.16. The van der Waals surface area contributed by atoms with Crippen LogP contribution in [0.15, 0.2) is 10.5 Å². The second-order valence-electron chi connectivity index (χ2n) is 5.34. The Morgan fingerprint density at radius 1 is 1.36 bits per heavy atom. The fourth-order valence-corrected chi connectivity index (χ4v) is 2.27. The molecular weight excluding hydrogens is 302 g/mol. The number of rotatable bonds is 7. The van der Waals surface area contributed by atoms with E-state index < -0.39 is 0 Å². The number of nitrogens with zero attached hydrogens (tertiary/aromatic N) is 2. The molecule has 0 fully saturated rings. The van der Waals surface area contributed by atoms with Gasteiger partial charge in [0.2, 0.25) is 0 Å². The number of hydrogen-bond donors (Lipinski definition) is 3. The highest BCUT2D eigenvalue weighted by molar-refractivity contribution is 7.11. The third-order valence-corrected chi connectivity index (χ3v) is 4.04. The van der Waals surface area contributed by atoms with Gasteiger partial charge in [0, 0.05) is 33.8 Å². The largest absolute Gasteiger partial charge is 0.377 e. The summed E-state index contributed by atoms with van der Waals surface area (Å²) in [6, 6.07) is 0. The number of carbonyl (C=O) groups is 1. The van der Waals surface area contributed by atoms with E-state index in [0.29, 0.717) is 30.5 Å². The molecule has 1 aromatic heterocycles. The van der Waals surface area contributed by atoms with Crippen molar-refractivity contribution in [1.29, 1.82) is 0 Å². The predicted molar refractivity (Wildman–Crippen MR) is 89.6 cm³/mol. The number of ether oxygens (including phenoxy) is 1. The van der Waals surface area contributed by atoms with Gasteiger partial charge < -0.3 is 20.7 Å². The van der Waals surface area contributed by atoms with Crippen LogP contribution in [0.5, 0.6) is 0 Å². The molecule has 0 aliphatic carbocycles. The molecule has 7 nitrogen and oxygen atoms in total. The van der Waals surface area contributed by atoms with Gasteiger partial charge in [0.1, 0.15) is 4.88 Å². The Hall–Kier alpha value is -1.67. The zero-order chi connectivity index (χ0) is 16.6. The Labute approximate surface area is 135 Å². The average molecular weight is 327 g/mol. The monoisotopic (exact) mass is 327 g/mol. The molecule has 0 saturated carbocycles. The summed E-state index contributed by atoms with van der Waals surface area (Å²) >= 11 is 1.35. The van der Waals surface area contributed by atoms with E-state index in [1.807, 2.05) is 20.8 Å². The van der Waals surface area contributed by atoms with Crippen molar-refractivity contribution < 1.29 is 9.53 Å². The maximum atomic E-state index is 11.9. The van der Waals surface area contributed by atoms with Crippen molar-refractivity contribution >= 4 is 23.2 Å². The van der Waals surface area contributed by atoms with Gasteiger partial charge in [-0.05, 0) is 20.8 Å². The molecule has 3 N–H and O–H groups in total. The number of nitrogens with one attached hydrogen (secondary N) is 3. The number of carbonyl (C=O) groups excluding carboxylic acids is 1. The number of aliphatic imine (C=N–C) groups is 1. The first-order valence-electron chi connectivity index (χ1n) is 7.07. The van der Waals surface area contributed by atoms with Crippen molar-refractivity contribution in [2.45, 2.75) is 26.4 Å². The first-order valence-corrected chi connectivity index (χ1v) is 7.95. The van der Waals surface area contributed by atoms with Crippen molar-refractivity contribution in [2.24, 2.45) is 4.99 Å². The van der Waals surface area contributed by atoms with E-state index in [9.17, 15) is 4.79 Å². The average Bonchev–Trinajstić information content (AvgIpc) is 2.92. The van der Waals surface area contributed by atoms with Gasteiger partial charge in [0.15, 0.2) is 5.96 Å². The Balaban J connectivity index is 2.28. The Bertz CT molecular complexity index is 513. The van der Waals surface area contributed by atoms with Gasteiger partial charge in [-0.3, -0.25) is 9.79 Å². The van der Waals surface area contributed by atoms with Crippen molar-refractivity contribution in [2.75, 3.05) is 33.8 Å². The molecule has 0 spiro atoms. The zero-order valence-corrected chi connectivity index (χ0v) is 14.6. The fourth-order valence-electron chi connectivity index (χ4n) is 1.55. The van der Waals surface area contributed by atoms with Crippen molar-refractivity contribution in [3.8, 4) is 0 Å². The summed E-state index contributed by atoms with van der Waals surface area (Å²) in [6.45, 7) is 7.53. The molecule has 1 aromatic rings. The Morgan fingerprint density at radius 2 is 2.05 bits per heavy atom. The molecule has 0 bridgehead atoms. The molecule has 0 unspecified atom stereocenters. The SMILES string of the molecule is CN=C(NCCNC(=O)c1scnc1C)NCC(C)(C)OC. The van der Waals surface area contributed by atoms with Gasteiger partial charge in [0.25, 0.3) is 5.91 Å². The topological polar surface area (TPSA) is 87.6 Å². The third kappa shape index (κ3) is 5.98. The molecule has 124 valence electrons. The first-order chi connectivity index (χ1) is 10.4. The summed E-state index contributed by atoms with van der Waals surface area (Å²) in [7, 11) is 3.38. The van der Waals surface area contributed by atoms with Crippen LogP contribution >= 0.6 is 11.3 Å². The van der Waals surface area contributed by atoms with Crippen LogP contribution in [0.25, 0.3) is 0 Å². The van der Waals surface area contributed by atoms with Crippen LogP contribution in [0.3, 0.4) is 0 Å². The minimum absolute atomic E-state index is 0.0923. The van der Waals surface area contributed by atoms with Crippen molar-refractivity contribution in [1.82, 2.24) is 20.9 Å². The van der Waals surface area contributed by atoms with Crippen LogP contribution in [-0.2, 0) is 4.74 Å². The second-order valence-corrected chi connectivity index (χ2v) is 6.19. The number of hydrogen-bond acceptors (Lipinski definition) is 5. The lowest BCUT2D eigenvalue weighted by Gasteiger charge is -2.24. The van der Waals surface area contributed by atoms with Crippen LogP contribution in [0.4, 0.5) is 0 Å². The van der Waals surface area contributed by atoms with Gasteiger partial charge in [-0.25, -0.2) is 4.98 Å². The summed E-state index contributed by atoms with van der Waals surface area (Å²) in [5, 5.41) is 9.17. The van der Waals surface area contributed by atoms with Crippen LogP contribution in [0.1, 0.15) is 29.2 Å². The van der Waals surface area contributed by atoms with Crippen molar-refractivity contribution in [3.05, 3.63) is 16.1 Å². The molecule has 0 saturated heterocycles. The number of thiazole rings is 1. The number of aromatic nitrogens is 1. The highest BCUT2D eigenvalue weighted by atomic mass is 32.1. The number of aryl methyl sites for hydroxylation is 1. The summed E-state index contributed by atoms with van der Waals surface area (Å²) in [6.07, 6.45) is 0. The van der Waals surface area contributed by atoms with Gasteiger partial charge in [0.05, 0.1) is 16.8 Å². The minimum Gasteiger partial charge on any atom is -0.377 e. The zero-order valence-electron chi connectivity index (χ0n) is 13.8. The molecule has 1 heterocycles. The molecule has 0 aliphatic rings. The molecule has 1 rings (SSSR count). The molecule has 8 heteroatoms. The maximum absolute atomic E-state index is 11.9. The van der Waals surface area contributed by atoms with E-state index in [1.165, 1.54) is 11.3 Å². The van der Waals surface area contributed by atoms with Gasteiger partial charge >= 0.3 is 0 Å². The molecule has 0 atom stereocenters. The van der Waals surface area contributed by atoms with Crippen LogP contribution < -0.4 is 16.0 Å². The Morgan fingerprint density at radius 3 is 2.59 bits per heavy atom.